The smallest absolute Gasteiger partial charge is 0.265 e. The Morgan fingerprint density at radius 3 is 1.31 bits per heavy atom. The molecule has 0 radical (unpaired) electrons. The number of hydrogen-bond donors (Lipinski definition) is 4. The molecule has 0 spiro atoms. The maximum Gasteiger partial charge on any atom is 0.265 e. The van der Waals surface area contributed by atoms with Gasteiger partial charge in [-0.3, -0.25) is 22.3 Å². The molecule has 0 aromatic rings. The molecule has 0 aromatic carbocycles. The molecule has 0 aliphatic heterocycles. The fourth-order valence-electron chi connectivity index (χ4n) is 0.929. The minimum absolute atomic E-state index is 0. The van der Waals surface area contributed by atoms with Crippen LogP contribution < -0.4 is 47.1 Å². The van der Waals surface area contributed by atoms with Gasteiger partial charge in [0.2, 0.25) is 0 Å². The SMILES string of the molecule is CCC(N=NC(CC)C(N)=[NH2+])C(N)=[NH2+].[Cl-].[Cl-]. The van der Waals surface area contributed by atoms with Crippen molar-refractivity contribution in [1.82, 2.24) is 0 Å². The van der Waals surface area contributed by atoms with Crippen molar-refractivity contribution < 1.29 is 35.6 Å². The van der Waals surface area contributed by atoms with Gasteiger partial charge in [0.1, 0.15) is 0 Å². The van der Waals surface area contributed by atoms with E-state index in [1.54, 1.807) is 0 Å². The Labute approximate surface area is 108 Å². The Morgan fingerprint density at radius 1 is 0.938 bits per heavy atom. The van der Waals surface area contributed by atoms with Crippen LogP contribution in [0.25, 0.3) is 0 Å². The normalized spacial score (nSPS) is 13.4. The number of nitrogens with two attached hydrogens (primary N) is 4. The number of azo groups is 1. The van der Waals surface area contributed by atoms with Gasteiger partial charge in [-0.15, -0.1) is 0 Å². The highest BCUT2D eigenvalue weighted by molar-refractivity contribution is 5.80. The van der Waals surface area contributed by atoms with E-state index in [0.29, 0.717) is 12.8 Å². The van der Waals surface area contributed by atoms with Crippen LogP contribution in [0.3, 0.4) is 0 Å². The molecule has 8 N–H and O–H groups in total. The average Bonchev–Trinajstić information content (AvgIpc) is 2.11. The van der Waals surface area contributed by atoms with Crippen LogP contribution in [0.15, 0.2) is 10.2 Å². The number of amidine groups is 2. The van der Waals surface area contributed by atoms with E-state index in [2.05, 4.69) is 10.2 Å². The molecule has 2 atom stereocenters. The molecule has 2 unspecified atom stereocenters. The Bertz CT molecular complexity index is 219. The molecule has 0 aromatic heterocycles. The van der Waals surface area contributed by atoms with E-state index in [9.17, 15) is 0 Å². The van der Waals surface area contributed by atoms with Gasteiger partial charge in [0.05, 0.1) is 0 Å². The highest BCUT2D eigenvalue weighted by atomic mass is 35.5. The second kappa shape index (κ2) is 10.6. The van der Waals surface area contributed by atoms with E-state index in [1.807, 2.05) is 13.8 Å². The lowest BCUT2D eigenvalue weighted by atomic mass is 10.2. The first-order chi connectivity index (χ1) is 6.52. The number of halogens is 2. The minimum atomic E-state index is -0.247. The molecule has 0 bridgehead atoms. The van der Waals surface area contributed by atoms with Gasteiger partial charge in [-0.25, -0.2) is 0 Å². The summed E-state index contributed by atoms with van der Waals surface area (Å²) in [5.41, 5.74) is 10.8. The number of rotatable bonds is 6. The lowest BCUT2D eigenvalue weighted by Gasteiger charge is -2.04. The minimum Gasteiger partial charge on any atom is -1.00 e. The molecular formula is C8H20Cl2N6. The topological polar surface area (TPSA) is 128 Å². The molecular weight excluding hydrogens is 251 g/mol. The van der Waals surface area contributed by atoms with Crippen LogP contribution >= 0.6 is 0 Å². The standard InChI is InChI=1S/C8H18N6.2ClH/c1-3-5(7(9)10)13-14-6(4-2)8(11)12;;/h5-6H,3-4H2,1-2H3,(H3,9,10)(H3,11,12);2*1H. The summed E-state index contributed by atoms with van der Waals surface area (Å²) in [5.74, 6) is 0.531. The van der Waals surface area contributed by atoms with Crippen molar-refractivity contribution in [3.8, 4) is 0 Å². The molecule has 16 heavy (non-hydrogen) atoms. The number of nitrogens with zero attached hydrogens (tertiary/aromatic N) is 2. The second-order valence-electron chi connectivity index (χ2n) is 3.08. The van der Waals surface area contributed by atoms with Crippen LogP contribution in [0.4, 0.5) is 0 Å². The van der Waals surface area contributed by atoms with Gasteiger partial charge in [-0.05, 0) is 12.8 Å². The highest BCUT2D eigenvalue weighted by Crippen LogP contribution is 2.01. The van der Waals surface area contributed by atoms with Crippen molar-refractivity contribution >= 4 is 11.7 Å². The van der Waals surface area contributed by atoms with E-state index in [1.165, 1.54) is 0 Å². The molecule has 6 nitrogen and oxygen atoms in total. The predicted molar refractivity (Wildman–Crippen MR) is 55.3 cm³/mol. The summed E-state index contributed by atoms with van der Waals surface area (Å²) in [5, 5.41) is 18.8. The lowest BCUT2D eigenvalue weighted by molar-refractivity contribution is -0.121. The van der Waals surface area contributed by atoms with Gasteiger partial charge >= 0.3 is 0 Å². The zero-order chi connectivity index (χ0) is 11.1. The van der Waals surface area contributed by atoms with Crippen molar-refractivity contribution in [2.75, 3.05) is 0 Å². The molecule has 0 saturated carbocycles. The van der Waals surface area contributed by atoms with Gasteiger partial charge in [0, 0.05) is 0 Å². The summed E-state index contributed by atoms with van der Waals surface area (Å²) in [6.07, 6.45) is 1.43. The Kier molecular flexibility index (Phi) is 13.6. The van der Waals surface area contributed by atoms with Crippen molar-refractivity contribution in [3.63, 3.8) is 0 Å². The third-order valence-electron chi connectivity index (χ3n) is 1.89. The largest absolute Gasteiger partial charge is 1.00 e. The third kappa shape index (κ3) is 7.42. The highest BCUT2D eigenvalue weighted by Gasteiger charge is 2.16. The van der Waals surface area contributed by atoms with Crippen LogP contribution in [0.2, 0.25) is 0 Å². The monoisotopic (exact) mass is 270 g/mol. The molecule has 0 rings (SSSR count). The Balaban J connectivity index is -0.000000845. The maximum atomic E-state index is 5.42. The fraction of sp³-hybridized carbons (Fsp3) is 0.750. The second-order valence-corrected chi connectivity index (χ2v) is 3.08. The summed E-state index contributed by atoms with van der Waals surface area (Å²) >= 11 is 0. The quantitative estimate of drug-likeness (QED) is 0.217. The van der Waals surface area contributed by atoms with Crippen molar-refractivity contribution in [2.45, 2.75) is 38.8 Å². The fourth-order valence-corrected chi connectivity index (χ4v) is 0.929. The van der Waals surface area contributed by atoms with Crippen LogP contribution in [-0.4, -0.2) is 23.8 Å². The van der Waals surface area contributed by atoms with Gasteiger partial charge in [0.15, 0.2) is 12.1 Å². The van der Waals surface area contributed by atoms with E-state index in [-0.39, 0.29) is 48.6 Å². The van der Waals surface area contributed by atoms with Crippen LogP contribution in [0.1, 0.15) is 26.7 Å². The summed E-state index contributed by atoms with van der Waals surface area (Å²) in [7, 11) is 0. The summed E-state index contributed by atoms with van der Waals surface area (Å²) in [6.45, 7) is 3.86. The van der Waals surface area contributed by atoms with Gasteiger partial charge < -0.3 is 24.8 Å². The van der Waals surface area contributed by atoms with Crippen LogP contribution in [0.5, 0.6) is 0 Å². The Morgan fingerprint density at radius 2 is 1.19 bits per heavy atom. The van der Waals surface area contributed by atoms with E-state index in [4.69, 9.17) is 22.3 Å². The summed E-state index contributed by atoms with van der Waals surface area (Å²) < 4.78 is 0. The molecule has 0 saturated heterocycles. The van der Waals surface area contributed by atoms with Gasteiger partial charge in [-0.1, -0.05) is 13.8 Å². The molecule has 8 heteroatoms. The van der Waals surface area contributed by atoms with E-state index in [0.717, 1.165) is 0 Å². The van der Waals surface area contributed by atoms with Crippen molar-refractivity contribution in [2.24, 2.45) is 21.7 Å². The van der Waals surface area contributed by atoms with E-state index < -0.39 is 0 Å². The molecule has 0 aliphatic rings. The van der Waals surface area contributed by atoms with Crippen LogP contribution in [-0.2, 0) is 0 Å². The first-order valence-electron chi connectivity index (χ1n) is 4.68. The maximum absolute atomic E-state index is 5.42. The molecule has 0 amide bonds. The first kappa shape index (κ1) is 20.5. The summed E-state index contributed by atoms with van der Waals surface area (Å²) in [4.78, 5) is 0. The molecule has 0 fully saturated rings. The zero-order valence-electron chi connectivity index (χ0n) is 9.53. The van der Waals surface area contributed by atoms with Gasteiger partial charge in [-0.2, -0.15) is 10.2 Å². The molecule has 0 aliphatic carbocycles. The van der Waals surface area contributed by atoms with Crippen LogP contribution in [0, 0.1) is 0 Å². The summed E-state index contributed by atoms with van der Waals surface area (Å²) in [6, 6.07) is -0.494. The predicted octanol–water partition coefficient (Wildman–Crippen LogP) is -8.76. The molecule has 0 heterocycles. The van der Waals surface area contributed by atoms with Gasteiger partial charge in [0.25, 0.3) is 11.7 Å². The van der Waals surface area contributed by atoms with Crippen molar-refractivity contribution in [3.05, 3.63) is 0 Å². The third-order valence-corrected chi connectivity index (χ3v) is 1.89. The molecule has 96 valence electrons. The number of hydrogen-bond acceptors (Lipinski definition) is 2. The first-order valence-corrected chi connectivity index (χ1v) is 4.68. The van der Waals surface area contributed by atoms with E-state index >= 15 is 0 Å². The Hall–Kier alpha value is -0.880. The average molecular weight is 271 g/mol. The van der Waals surface area contributed by atoms with Crippen molar-refractivity contribution in [1.29, 1.82) is 0 Å². The zero-order valence-corrected chi connectivity index (χ0v) is 11.0. The lowest BCUT2D eigenvalue weighted by Crippen LogP contribution is -3.00.